The summed E-state index contributed by atoms with van der Waals surface area (Å²) in [5, 5.41) is 1.65. The number of amides is 1. The van der Waals surface area contributed by atoms with E-state index in [0.717, 1.165) is 43.7 Å². The van der Waals surface area contributed by atoms with Crippen LogP contribution in [0.5, 0.6) is 0 Å². The Morgan fingerprint density at radius 3 is 2.42 bits per heavy atom. The fourth-order valence-electron chi connectivity index (χ4n) is 7.03. The highest BCUT2D eigenvalue weighted by atomic mass is 16.8. The summed E-state index contributed by atoms with van der Waals surface area (Å²) in [5.41, 5.74) is 2.49. The average Bonchev–Trinajstić information content (AvgIpc) is 3.50. The van der Waals surface area contributed by atoms with Gasteiger partial charge in [-0.15, -0.1) is 5.06 Å². The Hall–Kier alpha value is -2.32. The van der Waals surface area contributed by atoms with E-state index in [9.17, 15) is 9.59 Å². The molecule has 210 valence electrons. The number of likely N-dealkylation sites (tertiary alicyclic amines) is 1. The van der Waals surface area contributed by atoms with Crippen molar-refractivity contribution in [1.29, 1.82) is 0 Å². The highest BCUT2D eigenvalue weighted by molar-refractivity contribution is 5.99. The summed E-state index contributed by atoms with van der Waals surface area (Å²) >= 11 is 0. The molecule has 8 nitrogen and oxygen atoms in total. The Balaban J connectivity index is 1.21. The summed E-state index contributed by atoms with van der Waals surface area (Å²) in [6, 6.07) is 8.01. The maximum Gasteiger partial charge on any atom is 0.528 e. The Bertz CT molecular complexity index is 1030. The molecule has 0 aromatic heterocycles. The lowest BCUT2D eigenvalue weighted by Crippen LogP contribution is -2.54. The Morgan fingerprint density at radius 1 is 1.00 bits per heavy atom. The minimum atomic E-state index is -0.681. The molecule has 1 aromatic rings. The Labute approximate surface area is 228 Å². The van der Waals surface area contributed by atoms with E-state index < -0.39 is 11.8 Å². The summed E-state index contributed by atoms with van der Waals surface area (Å²) in [5.74, 6) is 0.223. The van der Waals surface area contributed by atoms with Crippen LogP contribution in [0.3, 0.4) is 0 Å². The van der Waals surface area contributed by atoms with E-state index in [4.69, 9.17) is 9.57 Å². The molecule has 5 rings (SSSR count). The number of aryl methyl sites for hydroxylation is 1. The highest BCUT2D eigenvalue weighted by Crippen LogP contribution is 2.43. The van der Waals surface area contributed by atoms with E-state index in [1.54, 1.807) is 5.06 Å². The zero-order chi connectivity index (χ0) is 27.1. The van der Waals surface area contributed by atoms with Crippen molar-refractivity contribution in [2.24, 2.45) is 5.41 Å². The first-order chi connectivity index (χ1) is 18.0. The molecular formula is C30H46N4O4. The lowest BCUT2D eigenvalue weighted by Gasteiger charge is -2.46. The third kappa shape index (κ3) is 5.67. The van der Waals surface area contributed by atoms with E-state index in [1.165, 1.54) is 31.5 Å². The maximum absolute atomic E-state index is 13.9. The second-order valence-corrected chi connectivity index (χ2v) is 12.9. The minimum Gasteiger partial charge on any atom is -0.427 e. The summed E-state index contributed by atoms with van der Waals surface area (Å²) in [4.78, 5) is 38.6. The van der Waals surface area contributed by atoms with Gasteiger partial charge in [-0.25, -0.2) is 4.79 Å². The third-order valence-corrected chi connectivity index (χ3v) is 9.08. The molecular weight excluding hydrogens is 480 g/mol. The van der Waals surface area contributed by atoms with E-state index in [-0.39, 0.29) is 11.3 Å². The van der Waals surface area contributed by atoms with E-state index in [2.05, 4.69) is 41.8 Å². The van der Waals surface area contributed by atoms with E-state index in [0.29, 0.717) is 38.0 Å². The molecule has 4 aliphatic rings. The predicted molar refractivity (Wildman–Crippen MR) is 149 cm³/mol. The smallest absolute Gasteiger partial charge is 0.427 e. The molecule has 2 atom stereocenters. The van der Waals surface area contributed by atoms with Gasteiger partial charge in [0.1, 0.15) is 5.60 Å². The molecule has 1 aromatic carbocycles. The lowest BCUT2D eigenvalue weighted by molar-refractivity contribution is -0.169. The molecule has 4 aliphatic heterocycles. The fraction of sp³-hybridized carbons (Fsp3) is 0.733. The van der Waals surface area contributed by atoms with Gasteiger partial charge in [-0.1, -0.05) is 0 Å². The molecule has 4 fully saturated rings. The fourth-order valence-corrected chi connectivity index (χ4v) is 7.03. The maximum atomic E-state index is 13.9. The molecule has 0 unspecified atom stereocenters. The molecule has 4 saturated heterocycles. The van der Waals surface area contributed by atoms with Crippen LogP contribution in [0.25, 0.3) is 0 Å². The van der Waals surface area contributed by atoms with Gasteiger partial charge in [0.25, 0.3) is 0 Å². The quantitative estimate of drug-likeness (QED) is 0.504. The van der Waals surface area contributed by atoms with Gasteiger partial charge in [-0.2, -0.15) is 0 Å². The molecule has 0 aliphatic carbocycles. The first kappa shape index (κ1) is 27.3. The number of hydroxylamine groups is 2. The summed E-state index contributed by atoms with van der Waals surface area (Å²) < 4.78 is 5.29. The van der Waals surface area contributed by atoms with Crippen molar-refractivity contribution >= 4 is 23.4 Å². The van der Waals surface area contributed by atoms with Gasteiger partial charge in [0.2, 0.25) is 5.91 Å². The number of carbonyl (C=O) groups is 2. The average molecular weight is 527 g/mol. The molecule has 4 heterocycles. The first-order valence-corrected chi connectivity index (χ1v) is 14.6. The van der Waals surface area contributed by atoms with Gasteiger partial charge in [-0.3, -0.25) is 9.69 Å². The molecule has 0 radical (unpaired) electrons. The van der Waals surface area contributed by atoms with Crippen LogP contribution in [0.1, 0.15) is 78.2 Å². The number of anilines is 2. The molecule has 0 N–H and O–H groups in total. The van der Waals surface area contributed by atoms with Gasteiger partial charge in [0, 0.05) is 56.2 Å². The zero-order valence-corrected chi connectivity index (χ0v) is 24.0. The summed E-state index contributed by atoms with van der Waals surface area (Å²) in [6.45, 7) is 15.2. The molecule has 1 spiro atoms. The summed E-state index contributed by atoms with van der Waals surface area (Å²) in [7, 11) is 0. The second-order valence-electron chi connectivity index (χ2n) is 12.9. The van der Waals surface area contributed by atoms with Gasteiger partial charge >= 0.3 is 6.16 Å². The highest BCUT2D eigenvalue weighted by Gasteiger charge is 2.47. The van der Waals surface area contributed by atoms with Gasteiger partial charge in [0.15, 0.2) is 0 Å². The van der Waals surface area contributed by atoms with Crippen molar-refractivity contribution < 1.29 is 19.2 Å². The van der Waals surface area contributed by atoms with Crippen LogP contribution >= 0.6 is 0 Å². The lowest BCUT2D eigenvalue weighted by atomic mass is 9.72. The zero-order valence-electron chi connectivity index (χ0n) is 24.0. The number of piperidine rings is 2. The van der Waals surface area contributed by atoms with Crippen LogP contribution in [0.2, 0.25) is 0 Å². The standard InChI is InChI=1S/C30H46N4O4/c1-22-20-24(31-17-11-25(21-31)33-15-6-8-23(33)2)9-10-26(22)34-16-7-12-30(27(34)35)13-18-32(19-14-30)38-28(36)37-29(3,4)5/h9-10,20,23,25H,6-8,11-19,21H2,1-5H3/t23-,25-/m0/s1. The Morgan fingerprint density at radius 2 is 1.76 bits per heavy atom. The number of benzene rings is 1. The SMILES string of the molecule is Cc1cc(N2CC[C@H](N3CCC[C@@H]3C)C2)ccc1N1CCCC2(CCN(OC(=O)OC(C)(C)C)CC2)C1=O. The number of hydrogen-bond acceptors (Lipinski definition) is 7. The molecule has 8 heteroatoms. The Kier molecular flexibility index (Phi) is 7.66. The van der Waals surface area contributed by atoms with Crippen LogP contribution in [0.15, 0.2) is 18.2 Å². The van der Waals surface area contributed by atoms with Crippen molar-refractivity contribution in [3.63, 3.8) is 0 Å². The monoisotopic (exact) mass is 526 g/mol. The molecule has 0 saturated carbocycles. The molecule has 38 heavy (non-hydrogen) atoms. The second kappa shape index (κ2) is 10.7. The van der Waals surface area contributed by atoms with E-state index in [1.807, 2.05) is 25.7 Å². The van der Waals surface area contributed by atoms with Crippen molar-refractivity contribution in [2.45, 2.75) is 97.2 Å². The van der Waals surface area contributed by atoms with Crippen molar-refractivity contribution in [3.8, 4) is 0 Å². The van der Waals surface area contributed by atoms with Crippen LogP contribution in [-0.2, 0) is 14.4 Å². The van der Waals surface area contributed by atoms with Crippen LogP contribution in [0, 0.1) is 12.3 Å². The third-order valence-electron chi connectivity index (χ3n) is 9.08. The predicted octanol–water partition coefficient (Wildman–Crippen LogP) is 5.13. The van der Waals surface area contributed by atoms with E-state index >= 15 is 0 Å². The number of ether oxygens (including phenoxy) is 1. The molecule has 0 bridgehead atoms. The number of hydrogen-bond donors (Lipinski definition) is 0. The largest absolute Gasteiger partial charge is 0.528 e. The number of rotatable bonds is 4. The number of carbonyl (C=O) groups excluding carboxylic acids is 2. The molecule has 1 amide bonds. The van der Waals surface area contributed by atoms with Gasteiger partial charge in [-0.05, 0) is 110 Å². The summed E-state index contributed by atoms with van der Waals surface area (Å²) in [6.07, 6.45) is 6.45. The van der Waals surface area contributed by atoms with Gasteiger partial charge in [0.05, 0.1) is 5.41 Å². The normalized spacial score (nSPS) is 26.8. The van der Waals surface area contributed by atoms with Crippen molar-refractivity contribution in [3.05, 3.63) is 23.8 Å². The van der Waals surface area contributed by atoms with Crippen LogP contribution in [-0.4, -0.2) is 79.0 Å². The topological polar surface area (TPSA) is 65.6 Å². The first-order valence-electron chi connectivity index (χ1n) is 14.6. The minimum absolute atomic E-state index is 0.223. The van der Waals surface area contributed by atoms with Crippen LogP contribution in [0.4, 0.5) is 16.2 Å². The van der Waals surface area contributed by atoms with Crippen molar-refractivity contribution in [1.82, 2.24) is 9.96 Å². The number of nitrogens with zero attached hydrogens (tertiary/aromatic N) is 4. The van der Waals surface area contributed by atoms with Gasteiger partial charge < -0.3 is 19.4 Å². The van der Waals surface area contributed by atoms with Crippen LogP contribution < -0.4 is 9.80 Å². The van der Waals surface area contributed by atoms with Crippen molar-refractivity contribution in [2.75, 3.05) is 49.1 Å².